The van der Waals surface area contributed by atoms with Crippen LogP contribution in [0.4, 0.5) is 4.79 Å². The zero-order valence-corrected chi connectivity index (χ0v) is 25.6. The second kappa shape index (κ2) is 12.9. The van der Waals surface area contributed by atoms with E-state index in [4.69, 9.17) is 0 Å². The van der Waals surface area contributed by atoms with Crippen LogP contribution in [0.1, 0.15) is 55.5 Å². The molecule has 0 spiro atoms. The maximum absolute atomic E-state index is 14.4. The van der Waals surface area contributed by atoms with Gasteiger partial charge in [0.25, 0.3) is 5.91 Å². The smallest absolute Gasteiger partial charge is 0.322 e. The van der Waals surface area contributed by atoms with Crippen LogP contribution in [0.2, 0.25) is 0 Å². The minimum atomic E-state index is -0.632. The number of carbonyl (C=O) groups excluding carboxylic acids is 3. The third kappa shape index (κ3) is 6.64. The Morgan fingerprint density at radius 2 is 1.76 bits per heavy atom. The van der Waals surface area contributed by atoms with E-state index in [0.29, 0.717) is 43.9 Å². The molecule has 2 aromatic carbocycles. The van der Waals surface area contributed by atoms with Gasteiger partial charge in [-0.3, -0.25) is 14.5 Å². The molecule has 1 N–H and O–H groups in total. The Labute approximate surface area is 245 Å². The monoisotopic (exact) mass is 559 g/mol. The van der Waals surface area contributed by atoms with E-state index in [0.717, 1.165) is 22.3 Å². The van der Waals surface area contributed by atoms with Crippen LogP contribution >= 0.6 is 0 Å². The summed E-state index contributed by atoms with van der Waals surface area (Å²) in [5.41, 5.74) is 5.38. The second-order valence-corrected chi connectivity index (χ2v) is 12.0. The van der Waals surface area contributed by atoms with Crippen molar-refractivity contribution in [3.63, 3.8) is 0 Å². The number of hydrogen-bond acceptors (Lipinski definition) is 4. The first-order valence-corrected chi connectivity index (χ1v) is 14.7. The highest BCUT2D eigenvalue weighted by Gasteiger charge is 2.47. The number of carbonyl (C=O) groups is 3. The van der Waals surface area contributed by atoms with Gasteiger partial charge in [-0.2, -0.15) is 0 Å². The van der Waals surface area contributed by atoms with Gasteiger partial charge in [0.1, 0.15) is 6.04 Å². The van der Waals surface area contributed by atoms with Crippen LogP contribution in [-0.2, 0) is 16.1 Å². The number of nitrogens with one attached hydrogen (secondary N) is 1. The van der Waals surface area contributed by atoms with E-state index in [2.05, 4.69) is 30.1 Å². The van der Waals surface area contributed by atoms with Crippen molar-refractivity contribution in [2.75, 3.05) is 40.3 Å². The molecule has 2 heterocycles. The molecule has 0 fully saturated rings. The van der Waals surface area contributed by atoms with Gasteiger partial charge in [-0.05, 0) is 63.9 Å². The van der Waals surface area contributed by atoms with Crippen molar-refractivity contribution in [3.8, 4) is 0 Å². The maximum Gasteiger partial charge on any atom is 0.322 e. The van der Waals surface area contributed by atoms with Crippen molar-refractivity contribution < 1.29 is 14.4 Å². The quantitative estimate of drug-likeness (QED) is 0.440. The summed E-state index contributed by atoms with van der Waals surface area (Å²) in [4.78, 5) is 49.3. The minimum Gasteiger partial charge on any atom is -0.335 e. The predicted molar refractivity (Wildman–Crippen MR) is 162 cm³/mol. The first-order valence-electron chi connectivity index (χ1n) is 14.7. The average molecular weight is 560 g/mol. The molecule has 8 heteroatoms. The fourth-order valence-electron chi connectivity index (χ4n) is 5.89. The summed E-state index contributed by atoms with van der Waals surface area (Å²) in [5, 5.41) is 3.09. The topological polar surface area (TPSA) is 76.2 Å². The summed E-state index contributed by atoms with van der Waals surface area (Å²) in [6.07, 6.45) is 0.542. The zero-order chi connectivity index (χ0) is 29.8. The molecule has 0 aromatic heterocycles. The SMILES string of the molecule is CCN1C(=O)N[C@H](c2ccc(C)cc2C)C2=C1CN([C@@H](CC(C)C)C(=O)N(CCN(C)C)Cc1ccccc1)C2=O. The summed E-state index contributed by atoms with van der Waals surface area (Å²) in [6.45, 7) is 12.5. The minimum absolute atomic E-state index is 0.0528. The summed E-state index contributed by atoms with van der Waals surface area (Å²) in [7, 11) is 3.99. The van der Waals surface area contributed by atoms with Crippen LogP contribution < -0.4 is 5.32 Å². The first kappa shape index (κ1) is 30.3. The molecule has 2 atom stereocenters. The molecular formula is C33H45N5O3. The maximum atomic E-state index is 14.4. The number of nitrogens with zero attached hydrogens (tertiary/aromatic N) is 4. The molecule has 0 bridgehead atoms. The van der Waals surface area contributed by atoms with Gasteiger partial charge >= 0.3 is 6.03 Å². The molecule has 2 aliphatic heterocycles. The summed E-state index contributed by atoms with van der Waals surface area (Å²) >= 11 is 0. The van der Waals surface area contributed by atoms with Gasteiger partial charge in [-0.15, -0.1) is 0 Å². The Kier molecular flexibility index (Phi) is 9.53. The molecule has 2 aromatic rings. The lowest BCUT2D eigenvalue weighted by Gasteiger charge is -2.34. The molecule has 220 valence electrons. The van der Waals surface area contributed by atoms with Gasteiger partial charge in [0, 0.05) is 26.2 Å². The van der Waals surface area contributed by atoms with Gasteiger partial charge in [0.05, 0.1) is 23.9 Å². The van der Waals surface area contributed by atoms with E-state index in [1.807, 2.05) is 82.2 Å². The lowest BCUT2D eigenvalue weighted by molar-refractivity contribution is -0.144. The second-order valence-electron chi connectivity index (χ2n) is 12.0. The summed E-state index contributed by atoms with van der Waals surface area (Å²) in [5.74, 6) is -0.0309. The fraction of sp³-hybridized carbons (Fsp3) is 0.485. The number of likely N-dealkylation sites (N-methyl/N-ethyl adjacent to an activating group) is 2. The Hall–Kier alpha value is -3.65. The van der Waals surface area contributed by atoms with Crippen LogP contribution in [0.5, 0.6) is 0 Å². The van der Waals surface area contributed by atoms with E-state index in [9.17, 15) is 14.4 Å². The van der Waals surface area contributed by atoms with Crippen molar-refractivity contribution in [2.24, 2.45) is 5.92 Å². The average Bonchev–Trinajstić information content (AvgIpc) is 3.26. The number of urea groups is 1. The molecule has 8 nitrogen and oxygen atoms in total. The van der Waals surface area contributed by atoms with Crippen LogP contribution in [0, 0.1) is 19.8 Å². The molecule has 41 heavy (non-hydrogen) atoms. The largest absolute Gasteiger partial charge is 0.335 e. The van der Waals surface area contributed by atoms with Crippen LogP contribution in [0.15, 0.2) is 59.8 Å². The number of rotatable bonds is 11. The van der Waals surface area contributed by atoms with Crippen molar-refractivity contribution in [1.29, 1.82) is 0 Å². The van der Waals surface area contributed by atoms with Crippen LogP contribution in [-0.4, -0.2) is 83.8 Å². The predicted octanol–water partition coefficient (Wildman–Crippen LogP) is 4.49. The molecule has 0 unspecified atom stereocenters. The highest BCUT2D eigenvalue weighted by molar-refractivity contribution is 6.03. The lowest BCUT2D eigenvalue weighted by Crippen LogP contribution is -2.51. The first-order chi connectivity index (χ1) is 19.5. The van der Waals surface area contributed by atoms with Crippen LogP contribution in [0.3, 0.4) is 0 Å². The Morgan fingerprint density at radius 1 is 1.05 bits per heavy atom. The zero-order valence-electron chi connectivity index (χ0n) is 25.6. The van der Waals surface area contributed by atoms with Crippen molar-refractivity contribution in [3.05, 3.63) is 82.1 Å². The highest BCUT2D eigenvalue weighted by atomic mass is 16.2. The number of benzene rings is 2. The van der Waals surface area contributed by atoms with Crippen molar-refractivity contribution in [1.82, 2.24) is 24.9 Å². The molecule has 4 amide bonds. The summed E-state index contributed by atoms with van der Waals surface area (Å²) < 4.78 is 0. The molecule has 0 radical (unpaired) electrons. The number of amides is 4. The van der Waals surface area contributed by atoms with Gasteiger partial charge in [-0.1, -0.05) is 67.9 Å². The Bertz CT molecular complexity index is 1300. The van der Waals surface area contributed by atoms with E-state index in [-0.39, 0.29) is 30.3 Å². The molecular weight excluding hydrogens is 514 g/mol. The Balaban J connectivity index is 1.71. The standard InChI is InChI=1S/C33H45N5O3/c1-8-37-28-21-38(32(40)29(28)30(34-33(37)41)26-15-14-23(4)19-24(26)5)27(18-22(2)3)31(39)36(17-16-35(6)7)20-25-12-10-9-11-13-25/h9-15,19,22,27,30H,8,16-18,20-21H2,1-7H3,(H,34,41)/t27-,30+/m0/s1. The van der Waals surface area contributed by atoms with Gasteiger partial charge < -0.3 is 20.0 Å². The lowest BCUT2D eigenvalue weighted by atomic mass is 9.91. The van der Waals surface area contributed by atoms with E-state index >= 15 is 0 Å². The normalized spacial score (nSPS) is 17.8. The highest BCUT2D eigenvalue weighted by Crippen LogP contribution is 2.39. The van der Waals surface area contributed by atoms with E-state index in [1.165, 1.54) is 0 Å². The van der Waals surface area contributed by atoms with Crippen molar-refractivity contribution in [2.45, 2.75) is 59.7 Å². The molecule has 2 aliphatic rings. The molecule has 0 saturated carbocycles. The molecule has 0 aliphatic carbocycles. The van der Waals surface area contributed by atoms with E-state index < -0.39 is 12.1 Å². The van der Waals surface area contributed by atoms with Gasteiger partial charge in [-0.25, -0.2) is 4.79 Å². The fourth-order valence-corrected chi connectivity index (χ4v) is 5.89. The van der Waals surface area contributed by atoms with Crippen molar-refractivity contribution >= 4 is 17.8 Å². The van der Waals surface area contributed by atoms with Gasteiger partial charge in [0.2, 0.25) is 5.91 Å². The number of hydrogen-bond donors (Lipinski definition) is 1. The third-order valence-electron chi connectivity index (χ3n) is 8.00. The molecule has 4 rings (SSSR count). The Morgan fingerprint density at radius 3 is 2.37 bits per heavy atom. The molecule has 0 saturated heterocycles. The number of aryl methyl sites for hydroxylation is 2. The van der Waals surface area contributed by atoms with E-state index in [1.54, 1.807) is 9.80 Å². The third-order valence-corrected chi connectivity index (χ3v) is 8.00. The van der Waals surface area contributed by atoms with Crippen LogP contribution in [0.25, 0.3) is 0 Å². The van der Waals surface area contributed by atoms with Gasteiger partial charge in [0.15, 0.2) is 0 Å². The summed E-state index contributed by atoms with van der Waals surface area (Å²) in [6, 6.07) is 14.7.